The van der Waals surface area contributed by atoms with Crippen molar-refractivity contribution in [3.63, 3.8) is 0 Å². The average Bonchev–Trinajstić information content (AvgIpc) is 2.20. The molecule has 0 fully saturated rings. The zero-order chi connectivity index (χ0) is 11.1. The molecule has 0 saturated heterocycles. The zero-order valence-electron chi connectivity index (χ0n) is 9.20. The van der Waals surface area contributed by atoms with Crippen LogP contribution in [0.4, 0.5) is 0 Å². The summed E-state index contributed by atoms with van der Waals surface area (Å²) in [4.78, 5) is 0. The summed E-state index contributed by atoms with van der Waals surface area (Å²) in [6, 6.07) is 7.82. The molecule has 15 heavy (non-hydrogen) atoms. The third kappa shape index (κ3) is 4.66. The van der Waals surface area contributed by atoms with E-state index in [1.54, 1.807) is 0 Å². The highest BCUT2D eigenvalue weighted by Gasteiger charge is 1.95. The zero-order valence-corrected chi connectivity index (χ0v) is 9.20. The maximum Gasteiger partial charge on any atom is 0.119 e. The minimum Gasteiger partial charge on any atom is -0.493 e. The van der Waals surface area contributed by atoms with Crippen molar-refractivity contribution in [2.24, 2.45) is 0 Å². The van der Waals surface area contributed by atoms with E-state index in [0.29, 0.717) is 13.0 Å². The molecule has 0 spiro atoms. The third-order valence-corrected chi connectivity index (χ3v) is 2.12. The van der Waals surface area contributed by atoms with Gasteiger partial charge < -0.3 is 9.84 Å². The number of hydrogen-bond donors (Lipinski definition) is 1. The number of aliphatic hydroxyl groups excluding tert-OH is 1. The summed E-state index contributed by atoms with van der Waals surface area (Å²) in [5.41, 5.74) is 2.26. The number of benzene rings is 1. The van der Waals surface area contributed by atoms with E-state index >= 15 is 0 Å². The summed E-state index contributed by atoms with van der Waals surface area (Å²) in [5.74, 6) is 0.873. The molecular weight excluding hydrogens is 188 g/mol. The molecule has 0 radical (unpaired) electrons. The van der Waals surface area contributed by atoms with Crippen LogP contribution in [0.15, 0.2) is 36.4 Å². The molecule has 0 atom stereocenters. The molecular formula is C13H18O2. The van der Waals surface area contributed by atoms with Crippen LogP contribution in [0.5, 0.6) is 5.75 Å². The Labute approximate surface area is 91.2 Å². The van der Waals surface area contributed by atoms with Crippen LogP contribution in [0, 0.1) is 0 Å². The molecule has 0 heterocycles. The van der Waals surface area contributed by atoms with Gasteiger partial charge in [-0.1, -0.05) is 17.7 Å². The van der Waals surface area contributed by atoms with E-state index < -0.39 is 0 Å². The highest BCUT2D eigenvalue weighted by atomic mass is 16.5. The van der Waals surface area contributed by atoms with Crippen molar-refractivity contribution in [2.75, 3.05) is 13.2 Å². The SMILES string of the molecule is C=C(C)CCOc1ccc(CCO)cc1. The van der Waals surface area contributed by atoms with Gasteiger partial charge in [-0.15, -0.1) is 6.58 Å². The van der Waals surface area contributed by atoms with Gasteiger partial charge in [-0.2, -0.15) is 0 Å². The normalized spacial score (nSPS) is 10.0. The molecule has 0 aliphatic rings. The van der Waals surface area contributed by atoms with Crippen LogP contribution in [0.1, 0.15) is 18.9 Å². The lowest BCUT2D eigenvalue weighted by atomic mass is 10.1. The van der Waals surface area contributed by atoms with Crippen LogP contribution in [0.2, 0.25) is 0 Å². The molecule has 1 rings (SSSR count). The molecule has 0 unspecified atom stereocenters. The van der Waals surface area contributed by atoms with E-state index in [1.807, 2.05) is 31.2 Å². The van der Waals surface area contributed by atoms with Crippen molar-refractivity contribution in [1.29, 1.82) is 0 Å². The van der Waals surface area contributed by atoms with E-state index in [-0.39, 0.29) is 6.61 Å². The first-order valence-electron chi connectivity index (χ1n) is 5.19. The summed E-state index contributed by atoms with van der Waals surface area (Å²) in [6.45, 7) is 6.68. The minimum absolute atomic E-state index is 0.190. The summed E-state index contributed by atoms with van der Waals surface area (Å²) in [7, 11) is 0. The molecule has 0 amide bonds. The first-order valence-corrected chi connectivity index (χ1v) is 5.19. The minimum atomic E-state index is 0.190. The van der Waals surface area contributed by atoms with Gasteiger partial charge in [0.2, 0.25) is 0 Å². The first kappa shape index (κ1) is 11.8. The highest BCUT2D eigenvalue weighted by molar-refractivity contribution is 5.27. The molecule has 1 aromatic rings. The van der Waals surface area contributed by atoms with Crippen LogP contribution in [0.25, 0.3) is 0 Å². The average molecular weight is 206 g/mol. The second-order valence-electron chi connectivity index (χ2n) is 3.67. The highest BCUT2D eigenvalue weighted by Crippen LogP contribution is 2.13. The number of ether oxygens (including phenoxy) is 1. The Bertz CT molecular complexity index is 301. The fraction of sp³-hybridized carbons (Fsp3) is 0.385. The molecule has 0 aliphatic heterocycles. The standard InChI is InChI=1S/C13H18O2/c1-11(2)8-10-15-13-5-3-12(4-6-13)7-9-14/h3-6,14H,1,7-10H2,2H3. The summed E-state index contributed by atoms with van der Waals surface area (Å²) in [5, 5.41) is 8.75. The topological polar surface area (TPSA) is 29.5 Å². The maximum atomic E-state index is 8.75. The van der Waals surface area contributed by atoms with E-state index in [1.165, 1.54) is 0 Å². The predicted molar refractivity (Wildman–Crippen MR) is 62.2 cm³/mol. The van der Waals surface area contributed by atoms with E-state index in [4.69, 9.17) is 9.84 Å². The molecule has 0 saturated carbocycles. The van der Waals surface area contributed by atoms with Gasteiger partial charge in [-0.3, -0.25) is 0 Å². The van der Waals surface area contributed by atoms with Crippen LogP contribution in [-0.4, -0.2) is 18.3 Å². The van der Waals surface area contributed by atoms with Crippen molar-refractivity contribution >= 4 is 0 Å². The molecule has 0 bridgehead atoms. The fourth-order valence-corrected chi connectivity index (χ4v) is 1.22. The van der Waals surface area contributed by atoms with Crippen molar-refractivity contribution in [3.8, 4) is 5.75 Å². The lowest BCUT2D eigenvalue weighted by molar-refractivity contribution is 0.299. The van der Waals surface area contributed by atoms with Gasteiger partial charge in [0, 0.05) is 13.0 Å². The first-order chi connectivity index (χ1) is 7.22. The smallest absolute Gasteiger partial charge is 0.119 e. The predicted octanol–water partition coefficient (Wildman–Crippen LogP) is 2.57. The Morgan fingerprint density at radius 1 is 1.33 bits per heavy atom. The van der Waals surface area contributed by atoms with Crippen molar-refractivity contribution in [2.45, 2.75) is 19.8 Å². The Balaban J connectivity index is 2.39. The summed E-state index contributed by atoms with van der Waals surface area (Å²) in [6.07, 6.45) is 1.59. The van der Waals surface area contributed by atoms with Gasteiger partial charge in [-0.05, 0) is 31.0 Å². The van der Waals surface area contributed by atoms with E-state index in [9.17, 15) is 0 Å². The lowest BCUT2D eigenvalue weighted by Gasteiger charge is -2.06. The molecule has 82 valence electrons. The van der Waals surface area contributed by atoms with E-state index in [0.717, 1.165) is 23.3 Å². The number of aliphatic hydroxyl groups is 1. The quantitative estimate of drug-likeness (QED) is 0.725. The molecule has 2 heteroatoms. The van der Waals surface area contributed by atoms with E-state index in [2.05, 4.69) is 6.58 Å². The Hall–Kier alpha value is -1.28. The third-order valence-electron chi connectivity index (χ3n) is 2.12. The molecule has 1 N–H and O–H groups in total. The summed E-state index contributed by atoms with van der Waals surface area (Å²) < 4.78 is 5.53. The Morgan fingerprint density at radius 3 is 2.53 bits per heavy atom. The van der Waals surface area contributed by atoms with Crippen LogP contribution >= 0.6 is 0 Å². The van der Waals surface area contributed by atoms with Crippen molar-refractivity contribution < 1.29 is 9.84 Å². The van der Waals surface area contributed by atoms with Gasteiger partial charge >= 0.3 is 0 Å². The van der Waals surface area contributed by atoms with Gasteiger partial charge in [0.1, 0.15) is 5.75 Å². The Morgan fingerprint density at radius 2 is 2.00 bits per heavy atom. The molecule has 0 aliphatic carbocycles. The number of rotatable bonds is 6. The van der Waals surface area contributed by atoms with Crippen molar-refractivity contribution in [1.82, 2.24) is 0 Å². The van der Waals surface area contributed by atoms with Crippen LogP contribution < -0.4 is 4.74 Å². The lowest BCUT2D eigenvalue weighted by Crippen LogP contribution is -1.97. The van der Waals surface area contributed by atoms with Gasteiger partial charge in [0.15, 0.2) is 0 Å². The molecule has 1 aromatic carbocycles. The molecule has 2 nitrogen and oxygen atoms in total. The summed E-state index contributed by atoms with van der Waals surface area (Å²) >= 11 is 0. The van der Waals surface area contributed by atoms with Crippen LogP contribution in [-0.2, 0) is 6.42 Å². The van der Waals surface area contributed by atoms with Crippen molar-refractivity contribution in [3.05, 3.63) is 42.0 Å². The van der Waals surface area contributed by atoms with Gasteiger partial charge in [0.05, 0.1) is 6.61 Å². The monoisotopic (exact) mass is 206 g/mol. The second-order valence-corrected chi connectivity index (χ2v) is 3.67. The largest absolute Gasteiger partial charge is 0.493 e. The van der Waals surface area contributed by atoms with Gasteiger partial charge in [0.25, 0.3) is 0 Å². The maximum absolute atomic E-state index is 8.75. The van der Waals surface area contributed by atoms with Gasteiger partial charge in [-0.25, -0.2) is 0 Å². The number of hydrogen-bond acceptors (Lipinski definition) is 2. The fourth-order valence-electron chi connectivity index (χ4n) is 1.22. The van der Waals surface area contributed by atoms with Crippen LogP contribution in [0.3, 0.4) is 0 Å². The molecule has 0 aromatic heterocycles. The Kier molecular flexibility index (Phi) is 4.91. The second kappa shape index (κ2) is 6.25.